The average molecular weight is 170 g/mol. The van der Waals surface area contributed by atoms with Crippen LogP contribution in [0, 0.1) is 17.8 Å². The Bertz CT molecular complexity index is 151. The number of hydrogen-bond donors (Lipinski definition) is 2. The van der Waals surface area contributed by atoms with E-state index in [1.165, 1.54) is 13.1 Å². The standard InChI is InChI=1S/C9H18N2O/c10-2-1-3-11-4-7-8(5-11)9(7)6-12/h7-9,12H,1-6,10H2. The zero-order chi connectivity index (χ0) is 8.55. The van der Waals surface area contributed by atoms with Crippen LogP contribution in [0.4, 0.5) is 0 Å². The number of nitrogens with zero attached hydrogens (tertiary/aromatic N) is 1. The van der Waals surface area contributed by atoms with Gasteiger partial charge in [0.25, 0.3) is 0 Å². The van der Waals surface area contributed by atoms with E-state index in [4.69, 9.17) is 10.8 Å². The molecule has 0 aromatic carbocycles. The lowest BCUT2D eigenvalue weighted by Crippen LogP contribution is -2.27. The van der Waals surface area contributed by atoms with Crippen LogP contribution in [0.3, 0.4) is 0 Å². The smallest absolute Gasteiger partial charge is 0.0465 e. The van der Waals surface area contributed by atoms with Crippen LogP contribution in [0.2, 0.25) is 0 Å². The highest BCUT2D eigenvalue weighted by Crippen LogP contribution is 2.51. The summed E-state index contributed by atoms with van der Waals surface area (Å²) in [7, 11) is 0. The van der Waals surface area contributed by atoms with Gasteiger partial charge in [-0.15, -0.1) is 0 Å². The molecule has 1 heterocycles. The molecule has 2 unspecified atom stereocenters. The zero-order valence-corrected chi connectivity index (χ0v) is 7.45. The zero-order valence-electron chi connectivity index (χ0n) is 7.45. The Kier molecular flexibility index (Phi) is 2.35. The van der Waals surface area contributed by atoms with E-state index in [0.717, 1.165) is 31.3 Å². The number of aliphatic hydroxyl groups is 1. The van der Waals surface area contributed by atoms with Gasteiger partial charge >= 0.3 is 0 Å². The Balaban J connectivity index is 1.68. The van der Waals surface area contributed by atoms with E-state index in [-0.39, 0.29) is 0 Å². The third-order valence-electron chi connectivity index (χ3n) is 3.34. The van der Waals surface area contributed by atoms with Crippen molar-refractivity contribution in [2.24, 2.45) is 23.5 Å². The van der Waals surface area contributed by atoms with Crippen molar-refractivity contribution in [2.75, 3.05) is 32.8 Å². The molecule has 0 spiro atoms. The number of likely N-dealkylation sites (tertiary alicyclic amines) is 1. The van der Waals surface area contributed by atoms with E-state index < -0.39 is 0 Å². The van der Waals surface area contributed by atoms with E-state index in [1.807, 2.05) is 0 Å². The number of piperidine rings is 1. The Hall–Kier alpha value is -0.120. The van der Waals surface area contributed by atoms with E-state index in [9.17, 15) is 0 Å². The van der Waals surface area contributed by atoms with Gasteiger partial charge < -0.3 is 15.7 Å². The molecule has 0 bridgehead atoms. The summed E-state index contributed by atoms with van der Waals surface area (Å²) in [6, 6.07) is 0. The maximum atomic E-state index is 8.94. The van der Waals surface area contributed by atoms with Crippen LogP contribution in [0.15, 0.2) is 0 Å². The topological polar surface area (TPSA) is 49.5 Å². The van der Waals surface area contributed by atoms with Crippen LogP contribution < -0.4 is 5.73 Å². The van der Waals surface area contributed by atoms with Crippen molar-refractivity contribution in [2.45, 2.75) is 6.42 Å². The second kappa shape index (κ2) is 3.32. The fourth-order valence-corrected chi connectivity index (χ4v) is 2.51. The first-order valence-corrected chi connectivity index (χ1v) is 4.90. The molecular weight excluding hydrogens is 152 g/mol. The predicted molar refractivity (Wildman–Crippen MR) is 47.7 cm³/mol. The maximum absolute atomic E-state index is 8.94. The summed E-state index contributed by atoms with van der Waals surface area (Å²) in [6.45, 7) is 4.77. The first kappa shape index (κ1) is 8.48. The molecule has 0 radical (unpaired) electrons. The van der Waals surface area contributed by atoms with Crippen LogP contribution in [-0.2, 0) is 0 Å². The molecule has 0 aromatic rings. The molecule has 3 nitrogen and oxygen atoms in total. The quantitative estimate of drug-likeness (QED) is 0.598. The van der Waals surface area contributed by atoms with E-state index in [2.05, 4.69) is 4.90 Å². The molecule has 1 aliphatic carbocycles. The van der Waals surface area contributed by atoms with E-state index in [1.54, 1.807) is 0 Å². The molecule has 1 saturated heterocycles. The number of rotatable bonds is 4. The normalized spacial score (nSPS) is 40.0. The summed E-state index contributed by atoms with van der Waals surface area (Å²) in [5.74, 6) is 2.26. The van der Waals surface area contributed by atoms with Crippen LogP contribution in [0.25, 0.3) is 0 Å². The van der Waals surface area contributed by atoms with Gasteiger partial charge in [-0.05, 0) is 37.3 Å². The second-order valence-electron chi connectivity index (χ2n) is 4.08. The molecule has 0 aromatic heterocycles. The van der Waals surface area contributed by atoms with Gasteiger partial charge in [-0.2, -0.15) is 0 Å². The van der Waals surface area contributed by atoms with Crippen molar-refractivity contribution in [1.82, 2.24) is 4.90 Å². The molecule has 12 heavy (non-hydrogen) atoms. The highest BCUT2D eigenvalue weighted by molar-refractivity contribution is 5.04. The van der Waals surface area contributed by atoms with Crippen molar-refractivity contribution in [3.8, 4) is 0 Å². The summed E-state index contributed by atoms with van der Waals surface area (Å²) in [5.41, 5.74) is 5.44. The van der Waals surface area contributed by atoms with Gasteiger partial charge in [0.05, 0.1) is 0 Å². The third kappa shape index (κ3) is 1.37. The Morgan fingerprint density at radius 1 is 1.33 bits per heavy atom. The van der Waals surface area contributed by atoms with Crippen LogP contribution in [-0.4, -0.2) is 42.8 Å². The summed E-state index contributed by atoms with van der Waals surface area (Å²) in [5, 5.41) is 8.94. The maximum Gasteiger partial charge on any atom is 0.0465 e. The monoisotopic (exact) mass is 170 g/mol. The Morgan fingerprint density at radius 3 is 2.50 bits per heavy atom. The van der Waals surface area contributed by atoms with Crippen LogP contribution in [0.1, 0.15) is 6.42 Å². The minimum Gasteiger partial charge on any atom is -0.396 e. The highest BCUT2D eigenvalue weighted by atomic mass is 16.3. The first-order valence-electron chi connectivity index (χ1n) is 4.90. The molecule has 2 atom stereocenters. The largest absolute Gasteiger partial charge is 0.396 e. The SMILES string of the molecule is NCCCN1CC2C(CO)C2C1. The van der Waals surface area contributed by atoms with Crippen molar-refractivity contribution in [1.29, 1.82) is 0 Å². The van der Waals surface area contributed by atoms with Gasteiger partial charge in [-0.25, -0.2) is 0 Å². The summed E-state index contributed by atoms with van der Waals surface area (Å²) >= 11 is 0. The number of fused-ring (bicyclic) bond motifs is 1. The van der Waals surface area contributed by atoms with Crippen molar-refractivity contribution in [3.05, 3.63) is 0 Å². The lowest BCUT2D eigenvalue weighted by Gasteiger charge is -2.17. The Morgan fingerprint density at radius 2 is 2.00 bits per heavy atom. The lowest BCUT2D eigenvalue weighted by atomic mass is 10.2. The van der Waals surface area contributed by atoms with E-state index in [0.29, 0.717) is 12.5 Å². The molecule has 2 fully saturated rings. The molecule has 0 amide bonds. The molecule has 1 aliphatic heterocycles. The summed E-state index contributed by atoms with van der Waals surface area (Å²) in [4.78, 5) is 2.48. The fourth-order valence-electron chi connectivity index (χ4n) is 2.51. The minimum absolute atomic E-state index is 0.403. The predicted octanol–water partition coefficient (Wildman–Crippen LogP) is -0.495. The minimum atomic E-state index is 0.403. The van der Waals surface area contributed by atoms with Gasteiger partial charge in [0.1, 0.15) is 0 Å². The van der Waals surface area contributed by atoms with Crippen molar-refractivity contribution < 1.29 is 5.11 Å². The molecule has 2 rings (SSSR count). The number of nitrogens with two attached hydrogens (primary N) is 1. The first-order chi connectivity index (χ1) is 5.86. The van der Waals surface area contributed by atoms with Gasteiger partial charge in [0, 0.05) is 19.7 Å². The highest BCUT2D eigenvalue weighted by Gasteiger charge is 2.54. The van der Waals surface area contributed by atoms with Crippen LogP contribution in [0.5, 0.6) is 0 Å². The fraction of sp³-hybridized carbons (Fsp3) is 1.00. The number of aliphatic hydroxyl groups excluding tert-OH is 1. The molecule has 2 aliphatic rings. The average Bonchev–Trinajstić information content (AvgIpc) is 2.56. The van der Waals surface area contributed by atoms with Gasteiger partial charge in [0.2, 0.25) is 0 Å². The van der Waals surface area contributed by atoms with Crippen molar-refractivity contribution >= 4 is 0 Å². The summed E-state index contributed by atoms with van der Waals surface area (Å²) in [6.07, 6.45) is 1.11. The molecule has 3 N–H and O–H groups in total. The molecule has 1 saturated carbocycles. The second-order valence-corrected chi connectivity index (χ2v) is 4.08. The van der Waals surface area contributed by atoms with Crippen molar-refractivity contribution in [3.63, 3.8) is 0 Å². The molecule has 70 valence electrons. The van der Waals surface area contributed by atoms with Gasteiger partial charge in [-0.1, -0.05) is 0 Å². The molecule has 3 heteroatoms. The van der Waals surface area contributed by atoms with Gasteiger partial charge in [0.15, 0.2) is 0 Å². The summed E-state index contributed by atoms with van der Waals surface area (Å²) < 4.78 is 0. The molecular formula is C9H18N2O. The van der Waals surface area contributed by atoms with Gasteiger partial charge in [-0.3, -0.25) is 0 Å². The van der Waals surface area contributed by atoms with E-state index >= 15 is 0 Å². The van der Waals surface area contributed by atoms with Crippen LogP contribution >= 0.6 is 0 Å². The lowest BCUT2D eigenvalue weighted by molar-refractivity contribution is 0.220. The third-order valence-corrected chi connectivity index (χ3v) is 3.34. The Labute approximate surface area is 73.5 Å². The number of hydrogen-bond acceptors (Lipinski definition) is 3.